The number of carbonyl (C=O) groups excluding carboxylic acids is 2. The molecule has 2 fully saturated rings. The molecule has 2 saturated heterocycles. The molecule has 2 heterocycles. The van der Waals surface area contributed by atoms with Crippen molar-refractivity contribution in [3.63, 3.8) is 0 Å². The lowest BCUT2D eigenvalue weighted by molar-refractivity contribution is -0.144. The summed E-state index contributed by atoms with van der Waals surface area (Å²) in [6.07, 6.45) is -1.29. The van der Waals surface area contributed by atoms with Gasteiger partial charge in [-0.1, -0.05) is 48.5 Å². The highest BCUT2D eigenvalue weighted by Gasteiger charge is 2.34. The van der Waals surface area contributed by atoms with Crippen molar-refractivity contribution in [2.24, 2.45) is 0 Å². The number of nitrogens with one attached hydrogen (secondary N) is 1. The Hall–Kier alpha value is -3.43. The summed E-state index contributed by atoms with van der Waals surface area (Å²) < 4.78 is 10.8. The fourth-order valence-electron chi connectivity index (χ4n) is 5.12. The fourth-order valence-corrected chi connectivity index (χ4v) is 5.12. The van der Waals surface area contributed by atoms with Crippen LogP contribution in [0.2, 0.25) is 0 Å². The number of carbonyl (C=O) groups is 3. The van der Waals surface area contributed by atoms with E-state index < -0.39 is 30.4 Å². The monoisotopic (exact) mass is 479 g/mol. The van der Waals surface area contributed by atoms with Crippen molar-refractivity contribution in [1.29, 1.82) is 0 Å². The SMILES string of the molecule is O=C(O)C[C@H](NC(=O)OCC1c2ccccc2-c2ccccc21)C(=O)N1CCN(C2COC2)CC1. The Labute approximate surface area is 203 Å². The number of hydrogen-bond acceptors (Lipinski definition) is 6. The summed E-state index contributed by atoms with van der Waals surface area (Å²) in [5.41, 5.74) is 4.39. The highest BCUT2D eigenvalue weighted by molar-refractivity contribution is 5.89. The van der Waals surface area contributed by atoms with Crippen molar-refractivity contribution in [2.45, 2.75) is 24.4 Å². The summed E-state index contributed by atoms with van der Waals surface area (Å²) in [5, 5.41) is 11.8. The van der Waals surface area contributed by atoms with E-state index in [-0.39, 0.29) is 12.5 Å². The van der Waals surface area contributed by atoms with Crippen LogP contribution in [0.25, 0.3) is 11.1 Å². The number of amides is 2. The van der Waals surface area contributed by atoms with Gasteiger partial charge in [0.05, 0.1) is 25.7 Å². The molecule has 9 heteroatoms. The average Bonchev–Trinajstić information content (AvgIpc) is 3.15. The van der Waals surface area contributed by atoms with E-state index in [1.54, 1.807) is 4.90 Å². The quantitative estimate of drug-likeness (QED) is 0.625. The Balaban J connectivity index is 1.20. The molecule has 184 valence electrons. The summed E-state index contributed by atoms with van der Waals surface area (Å²) >= 11 is 0. The average molecular weight is 480 g/mol. The minimum Gasteiger partial charge on any atom is -0.481 e. The van der Waals surface area contributed by atoms with Crippen LogP contribution < -0.4 is 5.32 Å². The molecule has 5 rings (SSSR count). The van der Waals surface area contributed by atoms with Gasteiger partial charge in [0.1, 0.15) is 12.6 Å². The molecule has 2 aliphatic heterocycles. The minimum atomic E-state index is -1.18. The van der Waals surface area contributed by atoms with Crippen LogP contribution in [-0.4, -0.2) is 91.0 Å². The second kappa shape index (κ2) is 10.1. The second-order valence-corrected chi connectivity index (χ2v) is 9.17. The second-order valence-electron chi connectivity index (χ2n) is 9.17. The zero-order valence-electron chi connectivity index (χ0n) is 19.4. The molecule has 2 amide bonds. The van der Waals surface area contributed by atoms with Crippen molar-refractivity contribution in [3.8, 4) is 11.1 Å². The number of nitrogens with zero attached hydrogens (tertiary/aromatic N) is 2. The summed E-state index contributed by atoms with van der Waals surface area (Å²) in [7, 11) is 0. The Morgan fingerprint density at radius 3 is 2.11 bits per heavy atom. The van der Waals surface area contributed by atoms with E-state index in [0.29, 0.717) is 45.4 Å². The van der Waals surface area contributed by atoms with Crippen molar-refractivity contribution in [2.75, 3.05) is 46.0 Å². The first-order valence-electron chi connectivity index (χ1n) is 11.9. The third-order valence-electron chi connectivity index (χ3n) is 7.08. The molecule has 35 heavy (non-hydrogen) atoms. The lowest BCUT2D eigenvalue weighted by Crippen LogP contribution is -2.60. The topological polar surface area (TPSA) is 108 Å². The number of rotatable bonds is 7. The Morgan fingerprint density at radius 1 is 0.971 bits per heavy atom. The van der Waals surface area contributed by atoms with Gasteiger partial charge in [-0.25, -0.2) is 4.79 Å². The van der Waals surface area contributed by atoms with Gasteiger partial charge in [0.2, 0.25) is 5.91 Å². The number of carboxylic acids is 1. The van der Waals surface area contributed by atoms with Crippen LogP contribution in [-0.2, 0) is 19.1 Å². The number of carboxylic acid groups (broad SMARTS) is 1. The maximum atomic E-state index is 13.1. The van der Waals surface area contributed by atoms with Crippen LogP contribution in [0, 0.1) is 0 Å². The van der Waals surface area contributed by atoms with E-state index >= 15 is 0 Å². The molecule has 2 aromatic rings. The lowest BCUT2D eigenvalue weighted by Gasteiger charge is -2.43. The van der Waals surface area contributed by atoms with Gasteiger partial charge in [-0.15, -0.1) is 0 Å². The first-order valence-corrected chi connectivity index (χ1v) is 11.9. The molecule has 1 aliphatic carbocycles. The predicted octanol–water partition coefficient (Wildman–Crippen LogP) is 1.91. The van der Waals surface area contributed by atoms with Crippen LogP contribution in [0.5, 0.6) is 0 Å². The molecule has 0 unspecified atom stereocenters. The van der Waals surface area contributed by atoms with E-state index in [2.05, 4.69) is 10.2 Å². The maximum Gasteiger partial charge on any atom is 0.407 e. The molecule has 1 atom stereocenters. The summed E-state index contributed by atoms with van der Waals surface area (Å²) in [5.74, 6) is -1.68. The van der Waals surface area contributed by atoms with Gasteiger partial charge in [-0.3, -0.25) is 14.5 Å². The van der Waals surface area contributed by atoms with E-state index in [0.717, 1.165) is 22.3 Å². The van der Waals surface area contributed by atoms with Crippen LogP contribution in [0.1, 0.15) is 23.5 Å². The van der Waals surface area contributed by atoms with Crippen LogP contribution in [0.15, 0.2) is 48.5 Å². The number of piperazine rings is 1. The van der Waals surface area contributed by atoms with Gasteiger partial charge >= 0.3 is 12.1 Å². The van der Waals surface area contributed by atoms with Crippen LogP contribution in [0.4, 0.5) is 4.79 Å². The first-order chi connectivity index (χ1) is 17.0. The van der Waals surface area contributed by atoms with E-state index in [1.165, 1.54) is 0 Å². The summed E-state index contributed by atoms with van der Waals surface area (Å²) in [6, 6.07) is 15.2. The molecular formula is C26H29N3O6. The summed E-state index contributed by atoms with van der Waals surface area (Å²) in [6.45, 7) is 3.87. The molecule has 9 nitrogen and oxygen atoms in total. The highest BCUT2D eigenvalue weighted by atomic mass is 16.5. The van der Waals surface area contributed by atoms with Gasteiger partial charge in [-0.2, -0.15) is 0 Å². The third kappa shape index (κ3) is 4.87. The first kappa shape index (κ1) is 23.3. The fraction of sp³-hybridized carbons (Fsp3) is 0.423. The predicted molar refractivity (Wildman–Crippen MR) is 127 cm³/mol. The number of ether oxygens (including phenoxy) is 2. The Kier molecular flexibility index (Phi) is 6.70. The van der Waals surface area contributed by atoms with Crippen molar-refractivity contribution in [3.05, 3.63) is 59.7 Å². The molecule has 3 aliphatic rings. The van der Waals surface area contributed by atoms with Crippen molar-refractivity contribution < 1.29 is 29.0 Å². The normalized spacial score (nSPS) is 18.8. The van der Waals surface area contributed by atoms with E-state index in [9.17, 15) is 19.5 Å². The smallest absolute Gasteiger partial charge is 0.407 e. The maximum absolute atomic E-state index is 13.1. The van der Waals surface area contributed by atoms with Crippen molar-refractivity contribution >= 4 is 18.0 Å². The van der Waals surface area contributed by atoms with E-state index in [1.807, 2.05) is 48.5 Å². The number of fused-ring (bicyclic) bond motifs is 3. The van der Waals surface area contributed by atoms with Gasteiger partial charge < -0.3 is 24.8 Å². The lowest BCUT2D eigenvalue weighted by atomic mass is 9.98. The number of benzene rings is 2. The van der Waals surface area contributed by atoms with Crippen molar-refractivity contribution in [1.82, 2.24) is 15.1 Å². The van der Waals surface area contributed by atoms with E-state index in [4.69, 9.17) is 9.47 Å². The van der Waals surface area contributed by atoms with Gasteiger partial charge in [0.25, 0.3) is 0 Å². The van der Waals surface area contributed by atoms with Gasteiger partial charge in [0.15, 0.2) is 0 Å². The number of alkyl carbamates (subject to hydrolysis) is 1. The number of hydrogen-bond donors (Lipinski definition) is 2. The standard InChI is InChI=1S/C26H29N3O6/c30-24(31)13-23(25(32)29-11-9-28(10-12-29)17-14-34-15-17)27-26(33)35-16-22-20-7-3-1-5-18(20)19-6-2-4-8-21(19)22/h1-8,17,22-23H,9-16H2,(H,27,33)(H,30,31)/t23-/m0/s1. The molecule has 0 aromatic heterocycles. The largest absolute Gasteiger partial charge is 0.481 e. The Bertz CT molecular complexity index is 1060. The molecule has 0 bridgehead atoms. The van der Waals surface area contributed by atoms with Gasteiger partial charge in [-0.05, 0) is 22.3 Å². The molecule has 0 radical (unpaired) electrons. The molecule has 2 N–H and O–H groups in total. The molecule has 2 aromatic carbocycles. The summed E-state index contributed by atoms with van der Waals surface area (Å²) in [4.78, 5) is 41.1. The highest BCUT2D eigenvalue weighted by Crippen LogP contribution is 2.44. The van der Waals surface area contributed by atoms with Crippen LogP contribution in [0.3, 0.4) is 0 Å². The molecule has 0 spiro atoms. The van der Waals surface area contributed by atoms with Gasteiger partial charge in [0, 0.05) is 32.1 Å². The number of aliphatic carboxylic acids is 1. The Morgan fingerprint density at radius 2 is 1.57 bits per heavy atom. The zero-order chi connectivity index (χ0) is 24.4. The zero-order valence-corrected chi connectivity index (χ0v) is 19.4. The molecule has 0 saturated carbocycles. The third-order valence-corrected chi connectivity index (χ3v) is 7.08. The van der Waals surface area contributed by atoms with Crippen LogP contribution >= 0.6 is 0 Å². The molecular weight excluding hydrogens is 450 g/mol. The minimum absolute atomic E-state index is 0.0932.